The van der Waals surface area contributed by atoms with Gasteiger partial charge in [-0.05, 0) is 19.1 Å². The maximum atomic E-state index is 12.4. The SMILES string of the molecule is COC(=O)C(C)NC(=O)C(CSC)N1C(=O)NC(C(C)C)C1=O. The Hall–Kier alpha value is -1.77. The van der Waals surface area contributed by atoms with Crippen LogP contribution in [0, 0.1) is 5.92 Å². The van der Waals surface area contributed by atoms with Crippen LogP contribution in [0.15, 0.2) is 0 Å². The van der Waals surface area contributed by atoms with Gasteiger partial charge >= 0.3 is 12.0 Å². The van der Waals surface area contributed by atoms with Crippen molar-refractivity contribution in [2.45, 2.75) is 38.9 Å². The first-order valence-electron chi connectivity index (χ1n) is 7.25. The van der Waals surface area contributed by atoms with Gasteiger partial charge in [0.15, 0.2) is 0 Å². The van der Waals surface area contributed by atoms with Gasteiger partial charge in [0.1, 0.15) is 18.1 Å². The molecule has 23 heavy (non-hydrogen) atoms. The molecule has 1 aliphatic rings. The smallest absolute Gasteiger partial charge is 0.328 e. The van der Waals surface area contributed by atoms with E-state index in [1.165, 1.54) is 25.8 Å². The molecule has 0 bridgehead atoms. The normalized spacial score (nSPS) is 20.3. The van der Waals surface area contributed by atoms with Crippen molar-refractivity contribution in [3.8, 4) is 0 Å². The molecule has 0 spiro atoms. The van der Waals surface area contributed by atoms with Gasteiger partial charge in [0.2, 0.25) is 5.91 Å². The monoisotopic (exact) mass is 345 g/mol. The predicted molar refractivity (Wildman–Crippen MR) is 85.8 cm³/mol. The lowest BCUT2D eigenvalue weighted by Gasteiger charge is -2.25. The fourth-order valence-corrected chi connectivity index (χ4v) is 2.85. The van der Waals surface area contributed by atoms with Gasteiger partial charge in [0.05, 0.1) is 7.11 Å². The molecule has 0 aliphatic carbocycles. The highest BCUT2D eigenvalue weighted by atomic mass is 32.2. The maximum absolute atomic E-state index is 12.4. The van der Waals surface area contributed by atoms with E-state index in [9.17, 15) is 19.2 Å². The van der Waals surface area contributed by atoms with Crippen LogP contribution in [0.3, 0.4) is 0 Å². The minimum atomic E-state index is -0.978. The Morgan fingerprint density at radius 2 is 1.96 bits per heavy atom. The molecular weight excluding hydrogens is 322 g/mol. The van der Waals surface area contributed by atoms with Crippen LogP contribution in [0.2, 0.25) is 0 Å². The number of thioether (sulfide) groups is 1. The lowest BCUT2D eigenvalue weighted by molar-refractivity contribution is -0.145. The van der Waals surface area contributed by atoms with Gasteiger partial charge in [-0.1, -0.05) is 13.8 Å². The molecule has 0 aromatic carbocycles. The molecule has 1 rings (SSSR count). The molecule has 0 aromatic heterocycles. The molecule has 1 heterocycles. The number of methoxy groups -OCH3 is 1. The number of carbonyl (C=O) groups is 4. The second-order valence-corrected chi connectivity index (χ2v) is 6.51. The summed E-state index contributed by atoms with van der Waals surface area (Å²) in [6, 6.07) is -3.07. The first kappa shape index (κ1) is 19.3. The fraction of sp³-hybridized carbons (Fsp3) is 0.714. The minimum absolute atomic E-state index is 0.0802. The number of nitrogens with zero attached hydrogens (tertiary/aromatic N) is 1. The van der Waals surface area contributed by atoms with Crippen molar-refractivity contribution >= 4 is 35.6 Å². The molecule has 130 valence electrons. The van der Waals surface area contributed by atoms with Crippen LogP contribution >= 0.6 is 11.8 Å². The minimum Gasteiger partial charge on any atom is -0.467 e. The van der Waals surface area contributed by atoms with E-state index in [1.54, 1.807) is 6.26 Å². The van der Waals surface area contributed by atoms with Gasteiger partial charge in [0, 0.05) is 5.75 Å². The van der Waals surface area contributed by atoms with E-state index in [1.807, 2.05) is 13.8 Å². The molecule has 9 heteroatoms. The number of hydrogen-bond acceptors (Lipinski definition) is 6. The van der Waals surface area contributed by atoms with Crippen LogP contribution in [-0.2, 0) is 19.1 Å². The van der Waals surface area contributed by atoms with E-state index in [0.29, 0.717) is 0 Å². The number of rotatable bonds is 7. The zero-order valence-corrected chi connectivity index (χ0v) is 14.7. The van der Waals surface area contributed by atoms with E-state index in [4.69, 9.17) is 0 Å². The van der Waals surface area contributed by atoms with E-state index in [2.05, 4.69) is 15.4 Å². The zero-order valence-electron chi connectivity index (χ0n) is 13.9. The third-order valence-electron chi connectivity index (χ3n) is 3.52. The maximum Gasteiger partial charge on any atom is 0.328 e. The predicted octanol–water partition coefficient (Wildman–Crippen LogP) is -0.0279. The summed E-state index contributed by atoms with van der Waals surface area (Å²) in [6.45, 7) is 5.10. The molecule has 1 aliphatic heterocycles. The molecule has 4 amide bonds. The number of nitrogens with one attached hydrogen (secondary N) is 2. The molecule has 1 saturated heterocycles. The topological polar surface area (TPSA) is 105 Å². The van der Waals surface area contributed by atoms with Gasteiger partial charge in [-0.3, -0.25) is 9.59 Å². The van der Waals surface area contributed by atoms with Crippen molar-refractivity contribution < 1.29 is 23.9 Å². The summed E-state index contributed by atoms with van der Waals surface area (Å²) < 4.78 is 4.55. The largest absolute Gasteiger partial charge is 0.467 e. The molecular formula is C14H23N3O5S. The van der Waals surface area contributed by atoms with Gasteiger partial charge in [-0.25, -0.2) is 14.5 Å². The molecule has 0 aromatic rings. The number of ether oxygens (including phenoxy) is 1. The van der Waals surface area contributed by atoms with Crippen LogP contribution in [-0.4, -0.2) is 66.0 Å². The second kappa shape index (κ2) is 8.19. The quantitative estimate of drug-likeness (QED) is 0.496. The Labute approximate surface area is 139 Å². The average molecular weight is 345 g/mol. The molecule has 3 unspecified atom stereocenters. The van der Waals surface area contributed by atoms with Gasteiger partial charge in [0.25, 0.3) is 5.91 Å². The number of esters is 1. The highest BCUT2D eigenvalue weighted by molar-refractivity contribution is 7.98. The first-order valence-corrected chi connectivity index (χ1v) is 8.64. The summed E-state index contributed by atoms with van der Waals surface area (Å²) in [5.74, 6) is -1.43. The summed E-state index contributed by atoms with van der Waals surface area (Å²) >= 11 is 1.33. The molecule has 8 nitrogen and oxygen atoms in total. The van der Waals surface area contributed by atoms with Crippen LogP contribution in [0.4, 0.5) is 4.79 Å². The third kappa shape index (κ3) is 4.37. The highest BCUT2D eigenvalue weighted by Gasteiger charge is 2.45. The Balaban J connectivity index is 2.93. The van der Waals surface area contributed by atoms with Crippen molar-refractivity contribution in [2.75, 3.05) is 19.1 Å². The summed E-state index contributed by atoms with van der Waals surface area (Å²) in [4.78, 5) is 49.3. The fourth-order valence-electron chi connectivity index (χ4n) is 2.23. The van der Waals surface area contributed by atoms with E-state index >= 15 is 0 Å². The van der Waals surface area contributed by atoms with Crippen molar-refractivity contribution in [1.82, 2.24) is 15.5 Å². The van der Waals surface area contributed by atoms with Crippen molar-refractivity contribution in [3.63, 3.8) is 0 Å². The van der Waals surface area contributed by atoms with Gasteiger partial charge in [-0.15, -0.1) is 0 Å². The molecule has 2 N–H and O–H groups in total. The van der Waals surface area contributed by atoms with Crippen LogP contribution in [0.1, 0.15) is 20.8 Å². The summed E-state index contributed by atoms with van der Waals surface area (Å²) in [5.41, 5.74) is 0. The Morgan fingerprint density at radius 1 is 1.35 bits per heavy atom. The van der Waals surface area contributed by atoms with Crippen LogP contribution in [0.5, 0.6) is 0 Å². The third-order valence-corrected chi connectivity index (χ3v) is 4.17. The van der Waals surface area contributed by atoms with E-state index in [-0.39, 0.29) is 11.7 Å². The Morgan fingerprint density at radius 3 is 2.39 bits per heavy atom. The summed E-state index contributed by atoms with van der Waals surface area (Å²) in [5, 5.41) is 5.07. The standard InChI is InChI=1S/C14H23N3O5S/c1-7(2)10-12(19)17(14(21)16-10)9(6-23-5)11(18)15-8(3)13(20)22-4/h7-10H,6H2,1-5H3,(H,15,18)(H,16,21). The van der Waals surface area contributed by atoms with Crippen molar-refractivity contribution in [1.29, 1.82) is 0 Å². The van der Waals surface area contributed by atoms with E-state index < -0.39 is 41.9 Å². The lowest BCUT2D eigenvalue weighted by Crippen LogP contribution is -2.54. The lowest BCUT2D eigenvalue weighted by atomic mass is 10.0. The van der Waals surface area contributed by atoms with Crippen molar-refractivity contribution in [2.24, 2.45) is 5.92 Å². The van der Waals surface area contributed by atoms with Crippen molar-refractivity contribution in [3.05, 3.63) is 0 Å². The van der Waals surface area contributed by atoms with Gasteiger partial charge < -0.3 is 15.4 Å². The first-order chi connectivity index (χ1) is 10.7. The number of amides is 4. The summed E-state index contributed by atoms with van der Waals surface area (Å²) in [7, 11) is 1.22. The molecule has 3 atom stereocenters. The van der Waals surface area contributed by atoms with Gasteiger partial charge in [-0.2, -0.15) is 11.8 Å². The second-order valence-electron chi connectivity index (χ2n) is 5.60. The number of urea groups is 1. The average Bonchev–Trinajstić information content (AvgIpc) is 2.79. The molecule has 0 radical (unpaired) electrons. The summed E-state index contributed by atoms with van der Waals surface area (Å²) in [6.07, 6.45) is 1.77. The van der Waals surface area contributed by atoms with Crippen LogP contribution < -0.4 is 10.6 Å². The van der Waals surface area contributed by atoms with Crippen LogP contribution in [0.25, 0.3) is 0 Å². The highest BCUT2D eigenvalue weighted by Crippen LogP contribution is 2.18. The number of hydrogen-bond donors (Lipinski definition) is 2. The van der Waals surface area contributed by atoms with E-state index in [0.717, 1.165) is 4.90 Å². The molecule has 1 fully saturated rings. The zero-order chi connectivity index (χ0) is 17.7. The number of carbonyl (C=O) groups excluding carboxylic acids is 4. The Bertz CT molecular complexity index is 497. The Kier molecular flexibility index (Phi) is 6.86. The molecule has 0 saturated carbocycles. The number of imide groups is 1.